The van der Waals surface area contributed by atoms with Crippen LogP contribution in [0.5, 0.6) is 11.5 Å². The lowest BCUT2D eigenvalue weighted by Crippen LogP contribution is -2.67. The number of halogens is 1. The second-order valence-electron chi connectivity index (χ2n) is 10.4. The van der Waals surface area contributed by atoms with Gasteiger partial charge in [0.1, 0.15) is 28.9 Å². The first-order chi connectivity index (χ1) is 14.3. The van der Waals surface area contributed by atoms with Gasteiger partial charge in [-0.15, -0.1) is 0 Å². The van der Waals surface area contributed by atoms with Gasteiger partial charge >= 0.3 is 5.97 Å². The van der Waals surface area contributed by atoms with Crippen LogP contribution < -0.4 is 4.74 Å². The van der Waals surface area contributed by atoms with Gasteiger partial charge in [-0.05, 0) is 49.0 Å². The van der Waals surface area contributed by atoms with Gasteiger partial charge in [0, 0.05) is 22.5 Å². The molecule has 0 aromatic heterocycles. The Morgan fingerprint density at radius 1 is 1.26 bits per heavy atom. The van der Waals surface area contributed by atoms with Crippen molar-refractivity contribution in [2.45, 2.75) is 58.5 Å². The van der Waals surface area contributed by atoms with Crippen LogP contribution in [-0.2, 0) is 4.79 Å². The van der Waals surface area contributed by atoms with Gasteiger partial charge in [0.25, 0.3) is 0 Å². The minimum Gasteiger partial charge on any atom is -0.507 e. The van der Waals surface area contributed by atoms with Crippen molar-refractivity contribution in [3.05, 3.63) is 33.4 Å². The predicted molar refractivity (Wildman–Crippen MR) is 116 cm³/mol. The molecule has 6 nitrogen and oxygen atoms in total. The summed E-state index contributed by atoms with van der Waals surface area (Å²) in [5.41, 5.74) is -1.71. The molecule has 1 aromatic carbocycles. The molecule has 0 bridgehead atoms. The lowest BCUT2D eigenvalue weighted by Gasteiger charge is -2.66. The summed E-state index contributed by atoms with van der Waals surface area (Å²) < 4.78 is 5.47. The van der Waals surface area contributed by atoms with Gasteiger partial charge in [-0.2, -0.15) is 0 Å². The molecule has 0 radical (unpaired) electrons. The summed E-state index contributed by atoms with van der Waals surface area (Å²) in [5, 5.41) is 32.8. The van der Waals surface area contributed by atoms with Crippen LogP contribution in [0.1, 0.15) is 67.4 Å². The van der Waals surface area contributed by atoms with Gasteiger partial charge in [0.2, 0.25) is 0 Å². The molecule has 0 amide bonds. The fourth-order valence-corrected chi connectivity index (χ4v) is 7.12. The number of phenols is 1. The van der Waals surface area contributed by atoms with E-state index in [4.69, 9.17) is 16.3 Å². The van der Waals surface area contributed by atoms with E-state index in [1.54, 1.807) is 0 Å². The Morgan fingerprint density at radius 2 is 1.90 bits per heavy atom. The van der Waals surface area contributed by atoms with Crippen LogP contribution in [0.4, 0.5) is 0 Å². The van der Waals surface area contributed by atoms with Crippen LogP contribution in [0, 0.1) is 29.6 Å². The van der Waals surface area contributed by atoms with Gasteiger partial charge in [-0.3, -0.25) is 4.79 Å². The number of carboxylic acid groups (broad SMARTS) is 1. The number of hydrogen-bond donors (Lipinski definition) is 3. The maximum Gasteiger partial charge on any atom is 0.339 e. The van der Waals surface area contributed by atoms with Crippen molar-refractivity contribution in [1.82, 2.24) is 0 Å². The van der Waals surface area contributed by atoms with Crippen LogP contribution >= 0.6 is 11.6 Å². The number of allylic oxidation sites excluding steroid dienone is 1. The number of rotatable bonds is 4. The van der Waals surface area contributed by atoms with Crippen molar-refractivity contribution in [3.8, 4) is 11.5 Å². The van der Waals surface area contributed by atoms with E-state index in [1.807, 2.05) is 13.0 Å². The van der Waals surface area contributed by atoms with Gasteiger partial charge in [-0.1, -0.05) is 38.4 Å². The SMILES string of the molecule is COc1c(Cl)c(C)c(C(=O)O)c(O)c1[C@H]1C[C@]2(C)C3CC(C)(C)CC3C=C(C=O)[C@]12O. The molecule has 5 atom stereocenters. The summed E-state index contributed by atoms with van der Waals surface area (Å²) in [7, 11) is 1.39. The molecular weight excluding hydrogens is 420 g/mol. The van der Waals surface area contributed by atoms with E-state index in [1.165, 1.54) is 14.0 Å². The van der Waals surface area contributed by atoms with Gasteiger partial charge < -0.3 is 20.1 Å². The van der Waals surface area contributed by atoms with E-state index in [2.05, 4.69) is 13.8 Å². The van der Waals surface area contributed by atoms with E-state index in [-0.39, 0.29) is 44.7 Å². The van der Waals surface area contributed by atoms with E-state index in [0.717, 1.165) is 12.8 Å². The number of carboxylic acids is 1. The van der Waals surface area contributed by atoms with Crippen molar-refractivity contribution in [3.63, 3.8) is 0 Å². The average molecular weight is 449 g/mol. The summed E-state index contributed by atoms with van der Waals surface area (Å²) in [6, 6.07) is 0. The normalized spacial score (nSPS) is 35.5. The Bertz CT molecular complexity index is 1030. The molecule has 3 aliphatic carbocycles. The highest BCUT2D eigenvalue weighted by molar-refractivity contribution is 6.33. The average Bonchev–Trinajstić information content (AvgIpc) is 3.00. The third-order valence-corrected chi connectivity index (χ3v) is 8.72. The highest BCUT2D eigenvalue weighted by Gasteiger charge is 2.72. The molecule has 2 unspecified atom stereocenters. The molecule has 7 heteroatoms. The van der Waals surface area contributed by atoms with Crippen LogP contribution in [0.25, 0.3) is 0 Å². The highest BCUT2D eigenvalue weighted by Crippen LogP contribution is 2.73. The first-order valence-corrected chi connectivity index (χ1v) is 10.9. The van der Waals surface area contributed by atoms with Gasteiger partial charge in [0.15, 0.2) is 0 Å². The fraction of sp³-hybridized carbons (Fsp3) is 0.583. The number of aromatic carboxylic acids is 1. The van der Waals surface area contributed by atoms with Gasteiger partial charge in [-0.25, -0.2) is 4.79 Å². The molecule has 0 heterocycles. The number of aromatic hydroxyl groups is 1. The lowest BCUT2D eigenvalue weighted by atomic mass is 9.40. The van der Waals surface area contributed by atoms with Crippen molar-refractivity contribution in [1.29, 1.82) is 0 Å². The summed E-state index contributed by atoms with van der Waals surface area (Å²) in [5.74, 6) is -1.98. The minimum atomic E-state index is -1.55. The Hall–Kier alpha value is -2.05. The van der Waals surface area contributed by atoms with Crippen LogP contribution in [0.15, 0.2) is 11.6 Å². The number of benzene rings is 1. The number of aldehydes is 1. The largest absolute Gasteiger partial charge is 0.507 e. The van der Waals surface area contributed by atoms with Crippen molar-refractivity contribution < 1.29 is 29.6 Å². The van der Waals surface area contributed by atoms with E-state index in [9.17, 15) is 24.9 Å². The molecule has 3 N–H and O–H groups in total. The highest BCUT2D eigenvalue weighted by atomic mass is 35.5. The molecule has 0 spiro atoms. The second-order valence-corrected chi connectivity index (χ2v) is 10.8. The number of carbonyl (C=O) groups excluding carboxylic acids is 1. The third-order valence-electron chi connectivity index (χ3n) is 8.27. The van der Waals surface area contributed by atoms with Gasteiger partial charge in [0.05, 0.1) is 12.1 Å². The molecule has 0 aliphatic heterocycles. The van der Waals surface area contributed by atoms with Crippen molar-refractivity contribution >= 4 is 23.9 Å². The minimum absolute atomic E-state index is 0.0808. The van der Waals surface area contributed by atoms with E-state index < -0.39 is 28.7 Å². The maximum absolute atomic E-state index is 12.1. The first kappa shape index (κ1) is 22.2. The smallest absolute Gasteiger partial charge is 0.339 e. The van der Waals surface area contributed by atoms with Crippen LogP contribution in [-0.4, -0.2) is 40.3 Å². The third kappa shape index (κ3) is 2.67. The van der Waals surface area contributed by atoms with E-state index in [0.29, 0.717) is 18.3 Å². The topological polar surface area (TPSA) is 104 Å². The Labute approximate surface area is 186 Å². The standard InChI is InChI=1S/C24H29ClO6/c1-11-16(21(28)29)19(27)17(20(31-5)18(11)25)15-9-23(4)14-8-22(2,3)7-12(14)6-13(10-26)24(15,23)30/h6,10,12,14-15,27,30H,7-9H2,1-5H3,(H,28,29)/t12?,14?,15-,23-,24+/m1/s1. The predicted octanol–water partition coefficient (Wildman–Crippen LogP) is 4.48. The summed E-state index contributed by atoms with van der Waals surface area (Å²) in [4.78, 5) is 24.0. The summed E-state index contributed by atoms with van der Waals surface area (Å²) >= 11 is 6.43. The molecule has 3 aliphatic rings. The lowest BCUT2D eigenvalue weighted by molar-refractivity contribution is -0.193. The summed E-state index contributed by atoms with van der Waals surface area (Å²) in [6.07, 6.45) is 4.93. The van der Waals surface area contributed by atoms with E-state index >= 15 is 0 Å². The Morgan fingerprint density at radius 3 is 2.45 bits per heavy atom. The monoisotopic (exact) mass is 448 g/mol. The zero-order valence-electron chi connectivity index (χ0n) is 18.5. The van der Waals surface area contributed by atoms with Crippen molar-refractivity contribution in [2.24, 2.45) is 22.7 Å². The number of carbonyl (C=O) groups is 2. The second kappa shape index (κ2) is 6.72. The Balaban J connectivity index is 1.93. The first-order valence-electron chi connectivity index (χ1n) is 10.6. The molecule has 2 fully saturated rings. The zero-order valence-corrected chi connectivity index (χ0v) is 19.2. The molecule has 2 saturated carbocycles. The fourth-order valence-electron chi connectivity index (χ4n) is 6.84. The number of hydrogen-bond acceptors (Lipinski definition) is 5. The number of aliphatic hydroxyl groups is 1. The molecule has 1 aromatic rings. The molecule has 4 rings (SSSR count). The molecular formula is C24H29ClO6. The molecule has 31 heavy (non-hydrogen) atoms. The number of ether oxygens (including phenoxy) is 1. The Kier molecular flexibility index (Phi) is 4.80. The van der Waals surface area contributed by atoms with Crippen LogP contribution in [0.3, 0.4) is 0 Å². The zero-order chi connectivity index (χ0) is 23.1. The molecule has 168 valence electrons. The maximum atomic E-state index is 12.1. The quantitative estimate of drug-likeness (QED) is 0.587. The van der Waals surface area contributed by atoms with Crippen LogP contribution in [0.2, 0.25) is 5.02 Å². The molecule has 0 saturated heterocycles. The summed E-state index contributed by atoms with van der Waals surface area (Å²) in [6.45, 7) is 7.90. The van der Waals surface area contributed by atoms with Crippen molar-refractivity contribution in [2.75, 3.05) is 7.11 Å². The number of methoxy groups -OCH3 is 1. The number of fused-ring (bicyclic) bond motifs is 3.